The lowest BCUT2D eigenvalue weighted by Crippen LogP contribution is -2.44. The summed E-state index contributed by atoms with van der Waals surface area (Å²) >= 11 is 0. The number of esters is 1. The SMILES string of the molecule is COC(=O)[C@@H]1c2cc3c(c(O)c2[C@@H](O)C[C@]1(C)O)C(=O)c1c(O)ccc(O)c1C3=O. The van der Waals surface area contributed by atoms with Gasteiger partial charge in [0, 0.05) is 17.5 Å². The van der Waals surface area contributed by atoms with E-state index in [1.807, 2.05) is 0 Å². The van der Waals surface area contributed by atoms with E-state index in [1.165, 1.54) is 6.92 Å². The van der Waals surface area contributed by atoms with Crippen molar-refractivity contribution in [2.75, 3.05) is 7.11 Å². The molecule has 4 rings (SSSR count). The van der Waals surface area contributed by atoms with Crippen molar-refractivity contribution in [2.45, 2.75) is 31.0 Å². The molecule has 2 aromatic carbocycles. The number of ketones is 2. The van der Waals surface area contributed by atoms with Crippen LogP contribution >= 0.6 is 0 Å². The number of hydrogen-bond acceptors (Lipinski definition) is 9. The van der Waals surface area contributed by atoms with Gasteiger partial charge in [-0.2, -0.15) is 0 Å². The van der Waals surface area contributed by atoms with Gasteiger partial charge in [-0.05, 0) is 30.7 Å². The molecule has 0 saturated heterocycles. The average Bonchev–Trinajstić information content (AvgIpc) is 2.66. The lowest BCUT2D eigenvalue weighted by atomic mass is 9.68. The van der Waals surface area contributed by atoms with E-state index in [2.05, 4.69) is 0 Å². The highest BCUT2D eigenvalue weighted by molar-refractivity contribution is 6.31. The summed E-state index contributed by atoms with van der Waals surface area (Å²) in [5.41, 5.74) is -3.71. The first-order chi connectivity index (χ1) is 14.0. The Kier molecular flexibility index (Phi) is 4.16. The molecular weight excluding hydrogens is 396 g/mol. The van der Waals surface area contributed by atoms with Gasteiger partial charge in [0.05, 0.1) is 35.5 Å². The van der Waals surface area contributed by atoms with E-state index in [9.17, 15) is 39.9 Å². The Morgan fingerprint density at radius 1 is 1.07 bits per heavy atom. The van der Waals surface area contributed by atoms with E-state index in [1.54, 1.807) is 0 Å². The Balaban J connectivity index is 2.07. The van der Waals surface area contributed by atoms with Crippen LogP contribution < -0.4 is 0 Å². The largest absolute Gasteiger partial charge is 0.507 e. The van der Waals surface area contributed by atoms with Gasteiger partial charge in [0.2, 0.25) is 5.78 Å². The summed E-state index contributed by atoms with van der Waals surface area (Å²) in [6.45, 7) is 1.31. The molecule has 2 aliphatic carbocycles. The third kappa shape index (κ3) is 2.45. The van der Waals surface area contributed by atoms with Gasteiger partial charge in [-0.25, -0.2) is 0 Å². The number of hydrogen-bond donors (Lipinski definition) is 5. The molecule has 0 spiro atoms. The number of aliphatic hydroxyl groups is 2. The van der Waals surface area contributed by atoms with Crippen LogP contribution in [0, 0.1) is 0 Å². The number of aliphatic hydroxyl groups excluding tert-OH is 1. The van der Waals surface area contributed by atoms with E-state index in [0.717, 1.165) is 25.3 Å². The number of ether oxygens (including phenoxy) is 1. The fraction of sp³-hybridized carbons (Fsp3) is 0.286. The van der Waals surface area contributed by atoms with Gasteiger partial charge < -0.3 is 30.3 Å². The zero-order valence-electron chi connectivity index (χ0n) is 16.0. The number of phenols is 3. The van der Waals surface area contributed by atoms with E-state index < -0.39 is 69.1 Å². The van der Waals surface area contributed by atoms with E-state index in [-0.39, 0.29) is 23.1 Å². The maximum atomic E-state index is 13.1. The molecule has 0 amide bonds. The summed E-state index contributed by atoms with van der Waals surface area (Å²) in [4.78, 5) is 38.5. The van der Waals surface area contributed by atoms with Gasteiger partial charge in [0.1, 0.15) is 23.2 Å². The molecule has 5 N–H and O–H groups in total. The zero-order valence-corrected chi connectivity index (χ0v) is 16.0. The van der Waals surface area contributed by atoms with E-state index >= 15 is 0 Å². The highest BCUT2D eigenvalue weighted by atomic mass is 16.5. The van der Waals surface area contributed by atoms with Crippen LogP contribution in [0.2, 0.25) is 0 Å². The molecule has 0 fully saturated rings. The molecule has 9 heteroatoms. The lowest BCUT2D eigenvalue weighted by Gasteiger charge is -2.40. The second kappa shape index (κ2) is 6.28. The highest BCUT2D eigenvalue weighted by Crippen LogP contribution is 2.51. The molecule has 2 aliphatic rings. The van der Waals surface area contributed by atoms with Crippen LogP contribution in [-0.4, -0.2) is 55.8 Å². The summed E-state index contributed by atoms with van der Waals surface area (Å²) in [5, 5.41) is 52.3. The van der Waals surface area contributed by atoms with Gasteiger partial charge in [-0.15, -0.1) is 0 Å². The predicted molar refractivity (Wildman–Crippen MR) is 99.7 cm³/mol. The van der Waals surface area contributed by atoms with Crippen molar-refractivity contribution in [2.24, 2.45) is 0 Å². The van der Waals surface area contributed by atoms with Crippen LogP contribution in [0.15, 0.2) is 18.2 Å². The van der Waals surface area contributed by atoms with Gasteiger partial charge in [0.25, 0.3) is 0 Å². The molecule has 0 unspecified atom stereocenters. The van der Waals surface area contributed by atoms with Crippen LogP contribution in [0.25, 0.3) is 0 Å². The van der Waals surface area contributed by atoms with Crippen molar-refractivity contribution in [3.63, 3.8) is 0 Å². The van der Waals surface area contributed by atoms with Crippen molar-refractivity contribution in [3.8, 4) is 17.2 Å². The standard InChI is InChI=1S/C21H18O9/c1-21(29)6-11(24)12-7(16(21)20(28)30-2)5-8-13(18(12)26)19(27)15-10(23)4-3-9(22)14(15)17(8)25/h3-5,11,16,22-24,26,29H,6H2,1-2H3/t11-,16-,21-/m0/s1. The third-order valence-corrected chi connectivity index (χ3v) is 5.77. The second-order valence-electron chi connectivity index (χ2n) is 7.70. The summed E-state index contributed by atoms with van der Waals surface area (Å²) in [6.07, 6.45) is -1.78. The number of carbonyl (C=O) groups is 3. The minimum atomic E-state index is -1.76. The first kappa shape index (κ1) is 19.9. The van der Waals surface area contributed by atoms with Crippen LogP contribution in [0.5, 0.6) is 17.2 Å². The summed E-state index contributed by atoms with van der Waals surface area (Å²) in [6, 6.07) is 3.23. The Labute approximate surface area is 169 Å². The Hall–Kier alpha value is -3.43. The second-order valence-corrected chi connectivity index (χ2v) is 7.70. The van der Waals surface area contributed by atoms with Crippen molar-refractivity contribution in [1.82, 2.24) is 0 Å². The number of phenolic OH excluding ortho intramolecular Hbond substituents is 3. The van der Waals surface area contributed by atoms with Crippen LogP contribution in [0.1, 0.15) is 68.3 Å². The predicted octanol–water partition coefficient (Wildman–Crippen LogP) is 1.02. The molecule has 2 aromatic rings. The number of fused-ring (bicyclic) bond motifs is 3. The van der Waals surface area contributed by atoms with Gasteiger partial charge in [-0.1, -0.05) is 0 Å². The highest BCUT2D eigenvalue weighted by Gasteiger charge is 2.50. The summed E-state index contributed by atoms with van der Waals surface area (Å²) < 4.78 is 4.75. The number of carbonyl (C=O) groups excluding carboxylic acids is 3. The lowest BCUT2D eigenvalue weighted by molar-refractivity contribution is -0.151. The Bertz CT molecular complexity index is 1150. The van der Waals surface area contributed by atoms with Crippen molar-refractivity contribution >= 4 is 17.5 Å². The quantitative estimate of drug-likeness (QED) is 0.289. The average molecular weight is 414 g/mol. The molecule has 156 valence electrons. The molecule has 30 heavy (non-hydrogen) atoms. The topological polar surface area (TPSA) is 162 Å². The van der Waals surface area contributed by atoms with Gasteiger partial charge in [0.15, 0.2) is 5.78 Å². The maximum absolute atomic E-state index is 13.1. The summed E-state index contributed by atoms with van der Waals surface area (Å²) in [7, 11) is 1.10. The van der Waals surface area contributed by atoms with E-state index in [0.29, 0.717) is 0 Å². The van der Waals surface area contributed by atoms with Crippen molar-refractivity contribution in [1.29, 1.82) is 0 Å². The molecule has 0 radical (unpaired) electrons. The first-order valence-corrected chi connectivity index (χ1v) is 9.03. The zero-order chi connectivity index (χ0) is 22.1. The Morgan fingerprint density at radius 3 is 2.20 bits per heavy atom. The molecule has 0 aromatic heterocycles. The third-order valence-electron chi connectivity index (χ3n) is 5.77. The van der Waals surface area contributed by atoms with Gasteiger partial charge in [-0.3, -0.25) is 14.4 Å². The molecule has 9 nitrogen and oxygen atoms in total. The van der Waals surface area contributed by atoms with E-state index in [4.69, 9.17) is 4.74 Å². The number of benzene rings is 2. The molecule has 0 aliphatic heterocycles. The number of aromatic hydroxyl groups is 3. The molecule has 3 atom stereocenters. The Morgan fingerprint density at radius 2 is 1.63 bits per heavy atom. The van der Waals surface area contributed by atoms with Crippen molar-refractivity contribution < 1.29 is 44.7 Å². The summed E-state index contributed by atoms with van der Waals surface area (Å²) in [5.74, 6) is -5.82. The minimum absolute atomic E-state index is 0.0638. The van der Waals surface area contributed by atoms with Crippen LogP contribution in [0.3, 0.4) is 0 Å². The monoisotopic (exact) mass is 414 g/mol. The fourth-order valence-corrected chi connectivity index (χ4v) is 4.45. The fourth-order valence-electron chi connectivity index (χ4n) is 4.45. The normalized spacial score (nSPS) is 24.7. The number of methoxy groups -OCH3 is 1. The molecule has 0 saturated carbocycles. The van der Waals surface area contributed by atoms with Crippen molar-refractivity contribution in [3.05, 3.63) is 51.6 Å². The minimum Gasteiger partial charge on any atom is -0.507 e. The molecule has 0 heterocycles. The first-order valence-electron chi connectivity index (χ1n) is 9.03. The molecule has 0 bridgehead atoms. The number of rotatable bonds is 1. The maximum Gasteiger partial charge on any atom is 0.316 e. The van der Waals surface area contributed by atoms with Crippen LogP contribution in [-0.2, 0) is 9.53 Å². The molecular formula is C21H18O9. The van der Waals surface area contributed by atoms with Crippen LogP contribution in [0.4, 0.5) is 0 Å². The van der Waals surface area contributed by atoms with Gasteiger partial charge >= 0.3 is 5.97 Å². The smallest absolute Gasteiger partial charge is 0.316 e.